The normalized spacial score (nSPS) is 15.3. The second kappa shape index (κ2) is 12.2. The minimum atomic E-state index is -4.62. The van der Waals surface area contributed by atoms with Gasteiger partial charge in [0.1, 0.15) is 11.6 Å². The van der Waals surface area contributed by atoms with Gasteiger partial charge in [0, 0.05) is 50.7 Å². The van der Waals surface area contributed by atoms with Gasteiger partial charge in [0.15, 0.2) is 0 Å². The molecule has 43 heavy (non-hydrogen) atoms. The van der Waals surface area contributed by atoms with Gasteiger partial charge in [-0.05, 0) is 68.5 Å². The smallest absolute Gasteiger partial charge is 0.416 e. The molecule has 0 unspecified atom stereocenters. The van der Waals surface area contributed by atoms with Crippen molar-refractivity contribution in [3.8, 4) is 22.9 Å². The van der Waals surface area contributed by atoms with E-state index in [1.807, 2.05) is 11.9 Å². The van der Waals surface area contributed by atoms with Gasteiger partial charge in [0.25, 0.3) is 5.91 Å². The SMILES string of the molecule is CNc1nccc(-c2cccnc2Oc2cc(F)cc(C(=O)Nc3cc(C(F)(F)F)ccc3N(C)[C@H]3CCN(C)C3)c2)n1. The topological polar surface area (TPSA) is 95.5 Å². The van der Waals surface area contributed by atoms with E-state index >= 15 is 0 Å². The molecule has 1 aliphatic rings. The first kappa shape index (κ1) is 29.7. The van der Waals surface area contributed by atoms with Crippen LogP contribution in [0.15, 0.2) is 67.0 Å². The molecule has 0 radical (unpaired) electrons. The van der Waals surface area contributed by atoms with Crippen LogP contribution in [0, 0.1) is 5.82 Å². The number of likely N-dealkylation sites (N-methyl/N-ethyl adjacent to an activating group) is 2. The lowest BCUT2D eigenvalue weighted by Crippen LogP contribution is -2.34. The molecule has 2 N–H and O–H groups in total. The van der Waals surface area contributed by atoms with Crippen LogP contribution in [0.2, 0.25) is 0 Å². The minimum Gasteiger partial charge on any atom is -0.438 e. The molecule has 4 aromatic rings. The third-order valence-corrected chi connectivity index (χ3v) is 7.14. The Balaban J connectivity index is 1.44. The van der Waals surface area contributed by atoms with Crippen molar-refractivity contribution in [3.05, 3.63) is 83.9 Å². The third kappa shape index (κ3) is 6.83. The van der Waals surface area contributed by atoms with Crippen LogP contribution in [0.25, 0.3) is 11.3 Å². The number of hydrogen-bond acceptors (Lipinski definition) is 8. The Kier molecular flexibility index (Phi) is 8.44. The summed E-state index contributed by atoms with van der Waals surface area (Å²) < 4.78 is 61.5. The molecule has 1 saturated heterocycles. The number of carbonyl (C=O) groups is 1. The maximum Gasteiger partial charge on any atom is 0.416 e. The molecule has 9 nitrogen and oxygen atoms in total. The molecule has 1 atom stereocenters. The van der Waals surface area contributed by atoms with Crippen molar-refractivity contribution in [1.82, 2.24) is 19.9 Å². The van der Waals surface area contributed by atoms with Crippen molar-refractivity contribution in [2.45, 2.75) is 18.6 Å². The fraction of sp³-hybridized carbons (Fsp3) is 0.267. The number of aromatic nitrogens is 3. The number of pyridine rings is 1. The number of ether oxygens (including phenoxy) is 1. The van der Waals surface area contributed by atoms with E-state index in [9.17, 15) is 22.4 Å². The Morgan fingerprint density at radius 2 is 1.91 bits per heavy atom. The number of halogens is 4. The first-order chi connectivity index (χ1) is 20.5. The highest BCUT2D eigenvalue weighted by atomic mass is 19.4. The lowest BCUT2D eigenvalue weighted by molar-refractivity contribution is -0.137. The van der Waals surface area contributed by atoms with Crippen molar-refractivity contribution < 1.29 is 27.1 Å². The molecular formula is C30H29F4N7O2. The van der Waals surface area contributed by atoms with Gasteiger partial charge in [-0.15, -0.1) is 0 Å². The molecule has 1 aliphatic heterocycles. The van der Waals surface area contributed by atoms with Crippen LogP contribution in [-0.2, 0) is 6.18 Å². The molecule has 2 aromatic heterocycles. The molecule has 0 bridgehead atoms. The number of rotatable bonds is 8. The second-order valence-corrected chi connectivity index (χ2v) is 10.1. The highest BCUT2D eigenvalue weighted by molar-refractivity contribution is 6.06. The van der Waals surface area contributed by atoms with Crippen LogP contribution >= 0.6 is 0 Å². The maximum absolute atomic E-state index is 14.7. The molecule has 1 fully saturated rings. The van der Waals surface area contributed by atoms with Crippen LogP contribution < -0.4 is 20.3 Å². The number of anilines is 3. The average molecular weight is 596 g/mol. The Bertz CT molecular complexity index is 1630. The van der Waals surface area contributed by atoms with Crippen molar-refractivity contribution in [2.75, 3.05) is 49.8 Å². The Labute approximate surface area is 245 Å². The lowest BCUT2D eigenvalue weighted by Gasteiger charge is -2.29. The summed E-state index contributed by atoms with van der Waals surface area (Å²) in [6.07, 6.45) is -0.769. The van der Waals surface area contributed by atoms with Gasteiger partial charge in [-0.25, -0.2) is 19.3 Å². The summed E-state index contributed by atoms with van der Waals surface area (Å²) in [7, 11) is 5.42. The summed E-state index contributed by atoms with van der Waals surface area (Å²) in [5.74, 6) is -1.16. The van der Waals surface area contributed by atoms with Crippen molar-refractivity contribution in [1.29, 1.82) is 0 Å². The molecule has 0 saturated carbocycles. The van der Waals surface area contributed by atoms with E-state index in [1.165, 1.54) is 18.3 Å². The minimum absolute atomic E-state index is 0.0385. The maximum atomic E-state index is 14.7. The van der Waals surface area contributed by atoms with Gasteiger partial charge in [-0.1, -0.05) is 0 Å². The molecule has 5 rings (SSSR count). The Hall–Kier alpha value is -4.78. The van der Waals surface area contributed by atoms with Crippen LogP contribution in [-0.4, -0.2) is 66.0 Å². The van der Waals surface area contributed by atoms with Crippen LogP contribution in [0.4, 0.5) is 34.9 Å². The standard InChI is InChI=1S/C30H29F4N7O2/c1-35-29-37-11-8-24(39-29)23-5-4-10-36-28(23)43-22-14-18(13-20(31)16-22)27(42)38-25-15-19(30(32,33)34)6-7-26(25)41(3)21-9-12-40(2)17-21/h4-8,10-11,13-16,21H,9,12,17H2,1-3H3,(H,38,42)(H,35,37,39)/t21-/m0/s1. The first-order valence-corrected chi connectivity index (χ1v) is 13.4. The van der Waals surface area contributed by atoms with E-state index in [4.69, 9.17) is 4.74 Å². The Morgan fingerprint density at radius 3 is 2.63 bits per heavy atom. The number of likely N-dealkylation sites (tertiary alicyclic amines) is 1. The molecule has 0 spiro atoms. The fourth-order valence-electron chi connectivity index (χ4n) is 4.90. The van der Waals surface area contributed by atoms with Crippen LogP contribution in [0.1, 0.15) is 22.3 Å². The lowest BCUT2D eigenvalue weighted by atomic mass is 10.1. The van der Waals surface area contributed by atoms with Crippen molar-refractivity contribution >= 4 is 23.2 Å². The molecule has 224 valence electrons. The zero-order chi connectivity index (χ0) is 30.7. The molecular weight excluding hydrogens is 566 g/mol. The van der Waals surface area contributed by atoms with Crippen molar-refractivity contribution in [2.24, 2.45) is 0 Å². The first-order valence-electron chi connectivity index (χ1n) is 13.4. The van der Waals surface area contributed by atoms with Gasteiger partial charge < -0.3 is 25.2 Å². The summed E-state index contributed by atoms with van der Waals surface area (Å²) in [6, 6.07) is 11.6. The van der Waals surface area contributed by atoms with E-state index in [-0.39, 0.29) is 28.9 Å². The zero-order valence-corrected chi connectivity index (χ0v) is 23.6. The number of hydrogen-bond donors (Lipinski definition) is 2. The Morgan fingerprint density at radius 1 is 1.09 bits per heavy atom. The predicted octanol–water partition coefficient (Wildman–Crippen LogP) is 5.92. The monoisotopic (exact) mass is 595 g/mol. The summed E-state index contributed by atoms with van der Waals surface area (Å²) >= 11 is 0. The highest BCUT2D eigenvalue weighted by Crippen LogP contribution is 2.37. The largest absolute Gasteiger partial charge is 0.438 e. The number of benzene rings is 2. The van der Waals surface area contributed by atoms with E-state index in [0.29, 0.717) is 22.9 Å². The quantitative estimate of drug-likeness (QED) is 0.243. The van der Waals surface area contributed by atoms with Gasteiger partial charge in [-0.3, -0.25) is 4.79 Å². The molecule has 2 aromatic carbocycles. The fourth-order valence-corrected chi connectivity index (χ4v) is 4.90. The van der Waals surface area contributed by atoms with E-state index in [2.05, 4.69) is 30.5 Å². The van der Waals surface area contributed by atoms with Crippen LogP contribution in [0.5, 0.6) is 11.6 Å². The summed E-state index contributed by atoms with van der Waals surface area (Å²) in [6.45, 7) is 1.56. The summed E-state index contributed by atoms with van der Waals surface area (Å²) in [4.78, 5) is 30.1. The number of nitrogens with one attached hydrogen (secondary N) is 2. The number of carbonyl (C=O) groups excluding carboxylic acids is 1. The third-order valence-electron chi connectivity index (χ3n) is 7.14. The number of nitrogens with zero attached hydrogens (tertiary/aromatic N) is 5. The second-order valence-electron chi connectivity index (χ2n) is 10.1. The number of alkyl halides is 3. The van der Waals surface area contributed by atoms with Crippen LogP contribution in [0.3, 0.4) is 0 Å². The number of amides is 1. The molecule has 1 amide bonds. The van der Waals surface area contributed by atoms with E-state index in [0.717, 1.165) is 43.8 Å². The molecule has 13 heteroatoms. The van der Waals surface area contributed by atoms with Gasteiger partial charge in [0.05, 0.1) is 28.2 Å². The average Bonchev–Trinajstić information content (AvgIpc) is 3.42. The van der Waals surface area contributed by atoms with Gasteiger partial charge >= 0.3 is 6.18 Å². The van der Waals surface area contributed by atoms with E-state index < -0.39 is 23.5 Å². The van der Waals surface area contributed by atoms with Crippen molar-refractivity contribution in [3.63, 3.8) is 0 Å². The zero-order valence-electron chi connectivity index (χ0n) is 23.6. The highest BCUT2D eigenvalue weighted by Gasteiger charge is 2.33. The molecule has 3 heterocycles. The summed E-state index contributed by atoms with van der Waals surface area (Å²) in [5.41, 5.74) is 0.287. The van der Waals surface area contributed by atoms with Gasteiger partial charge in [0.2, 0.25) is 11.8 Å². The van der Waals surface area contributed by atoms with Gasteiger partial charge in [-0.2, -0.15) is 13.2 Å². The summed E-state index contributed by atoms with van der Waals surface area (Å²) in [5, 5.41) is 5.42. The molecule has 0 aliphatic carbocycles. The van der Waals surface area contributed by atoms with E-state index in [1.54, 1.807) is 38.5 Å². The predicted molar refractivity (Wildman–Crippen MR) is 155 cm³/mol.